The zero-order chi connectivity index (χ0) is 35.9. The van der Waals surface area contributed by atoms with Gasteiger partial charge < -0.3 is 29.2 Å². The average molecular weight is 711 g/mol. The van der Waals surface area contributed by atoms with E-state index in [4.69, 9.17) is 18.9 Å². The highest BCUT2D eigenvalue weighted by molar-refractivity contribution is 7.32. The van der Waals surface area contributed by atoms with Crippen molar-refractivity contribution in [3.05, 3.63) is 129 Å². The molecule has 1 aliphatic rings. The minimum atomic E-state index is -3.39. The number of nitrogens with zero attached hydrogens (tertiary/aromatic N) is 2. The minimum Gasteiger partial charge on any atom is -0.497 e. The highest BCUT2D eigenvalue weighted by Crippen LogP contribution is 2.43. The van der Waals surface area contributed by atoms with Gasteiger partial charge in [-0.3, -0.25) is 14.7 Å². The molecule has 5 atom stereocenters. The van der Waals surface area contributed by atoms with Crippen LogP contribution in [0.25, 0.3) is 0 Å². The zero-order valence-corrected chi connectivity index (χ0v) is 28.8. The fourth-order valence-corrected chi connectivity index (χ4v) is 6.41. The summed E-state index contributed by atoms with van der Waals surface area (Å²) in [4.78, 5) is 35.0. The first kappa shape index (κ1) is 36.9. The number of hydrogen-bond donors (Lipinski definition) is 4. The van der Waals surface area contributed by atoms with Crippen LogP contribution >= 0.6 is 8.25 Å². The van der Waals surface area contributed by atoms with Crippen molar-refractivity contribution in [1.82, 2.24) is 14.6 Å². The lowest BCUT2D eigenvalue weighted by Crippen LogP contribution is -2.60. The van der Waals surface area contributed by atoms with Gasteiger partial charge >= 0.3 is 13.9 Å². The van der Waals surface area contributed by atoms with Crippen molar-refractivity contribution in [3.63, 3.8) is 0 Å². The fraction of sp³-hybridized carbons (Fsp3) is 0.371. The molecule has 3 aromatic carbocycles. The molecule has 0 bridgehead atoms. The van der Waals surface area contributed by atoms with E-state index in [-0.39, 0.29) is 17.9 Å². The molecule has 5 rings (SSSR count). The second-order valence-electron chi connectivity index (χ2n) is 11.7. The number of aliphatic hydroxyl groups excluding tert-OH is 1. The van der Waals surface area contributed by atoms with E-state index in [2.05, 4.69) is 9.94 Å². The summed E-state index contributed by atoms with van der Waals surface area (Å²) in [6.07, 6.45) is -1.14. The van der Waals surface area contributed by atoms with E-state index < -0.39 is 49.3 Å². The summed E-state index contributed by atoms with van der Waals surface area (Å²) in [5, 5.41) is 26.7. The second-order valence-corrected chi connectivity index (χ2v) is 12.3. The minimum absolute atomic E-state index is 0.0869. The zero-order valence-electron chi connectivity index (χ0n) is 27.9. The van der Waals surface area contributed by atoms with Crippen LogP contribution < -0.4 is 30.7 Å². The molecule has 1 aliphatic heterocycles. The molecule has 1 saturated heterocycles. The summed E-state index contributed by atoms with van der Waals surface area (Å²) in [5.74, 6) is 1.26. The van der Waals surface area contributed by atoms with Crippen molar-refractivity contribution in [2.24, 2.45) is 0 Å². The Labute approximate surface area is 289 Å². The van der Waals surface area contributed by atoms with Crippen LogP contribution in [0.4, 0.5) is 0 Å². The van der Waals surface area contributed by atoms with Crippen LogP contribution in [-0.4, -0.2) is 69.7 Å². The van der Waals surface area contributed by atoms with E-state index in [9.17, 15) is 29.3 Å². The molecule has 4 aromatic rings. The van der Waals surface area contributed by atoms with Gasteiger partial charge in [-0.2, -0.15) is 0 Å². The third-order valence-corrected chi connectivity index (χ3v) is 8.99. The van der Waals surface area contributed by atoms with E-state index in [1.165, 1.54) is 0 Å². The molecule has 0 aliphatic carbocycles. The molecule has 14 nitrogen and oxygen atoms in total. The number of rotatable bonds is 16. The molecule has 0 saturated carbocycles. The highest BCUT2D eigenvalue weighted by Gasteiger charge is 2.57. The Balaban J connectivity index is 1.59. The van der Waals surface area contributed by atoms with Crippen LogP contribution in [0.15, 0.2) is 101 Å². The van der Waals surface area contributed by atoms with Crippen molar-refractivity contribution < 1.29 is 43.2 Å². The normalized spacial score (nSPS) is 20.8. The Morgan fingerprint density at radius 2 is 1.48 bits per heavy atom. The lowest BCUT2D eigenvalue weighted by molar-refractivity contribution is -0.133. The quantitative estimate of drug-likeness (QED) is 0.0579. The molecule has 1 aromatic heterocycles. The molecule has 0 radical (unpaired) electrons. The smallest absolute Gasteiger partial charge is 0.497 e. The fourth-order valence-electron chi connectivity index (χ4n) is 6.12. The molecule has 1 unspecified atom stereocenters. The second kappa shape index (κ2) is 16.1. The Kier molecular flexibility index (Phi) is 11.9. The first-order chi connectivity index (χ1) is 24.1. The summed E-state index contributed by atoms with van der Waals surface area (Å²) in [5.41, 5.74) is -3.63. The molecule has 2 heterocycles. The molecule has 50 heavy (non-hydrogen) atoms. The topological polar surface area (TPSA) is 180 Å². The first-order valence-electron chi connectivity index (χ1n) is 16.1. The van der Waals surface area contributed by atoms with Crippen LogP contribution in [0.2, 0.25) is 0 Å². The Hall–Kier alpha value is -4.40. The molecular formula is C35H41N3O11P+. The van der Waals surface area contributed by atoms with Crippen molar-refractivity contribution in [2.45, 2.75) is 55.9 Å². The van der Waals surface area contributed by atoms with Gasteiger partial charge in [0.25, 0.3) is 5.56 Å². The van der Waals surface area contributed by atoms with Crippen LogP contribution in [0, 0.1) is 0 Å². The van der Waals surface area contributed by atoms with E-state index in [0.717, 1.165) is 35.2 Å². The van der Waals surface area contributed by atoms with Crippen LogP contribution in [0.3, 0.4) is 0 Å². The number of nitrogens with one attached hydrogen (secondary N) is 1. The van der Waals surface area contributed by atoms with Gasteiger partial charge in [0.2, 0.25) is 0 Å². The molecule has 15 heteroatoms. The molecule has 0 amide bonds. The van der Waals surface area contributed by atoms with Gasteiger partial charge in [-0.15, -0.1) is 9.52 Å². The standard InChI is InChI=1S/C35H40N3O11P/c1-4-5-9-21-36-35(42)31(40)29(48-32(35)37-22-20-30(39)38(33(37)41)49-50(43)44)23-47-34(24-10-7-6-8-11-24,25-12-16-27(45-2)17-13-25)26-14-18-28(46-3)19-15-26/h6-8,10-20,22,29,31-32,36,40,42H,4-5,9,21,23H2,1-3H3/p+1/t29-,31-,32-,35-/m1/s1. The number of unbranched alkanes of at least 4 members (excludes halogenated alkanes) is 2. The molecule has 266 valence electrons. The molecular weight excluding hydrogens is 669 g/mol. The lowest BCUT2D eigenvalue weighted by atomic mass is 9.80. The summed E-state index contributed by atoms with van der Waals surface area (Å²) in [7, 11) is -0.248. The largest absolute Gasteiger partial charge is 0.768 e. The predicted molar refractivity (Wildman–Crippen MR) is 182 cm³/mol. The van der Waals surface area contributed by atoms with Gasteiger partial charge in [0.05, 0.1) is 20.8 Å². The van der Waals surface area contributed by atoms with Gasteiger partial charge in [-0.25, -0.2) is 4.79 Å². The van der Waals surface area contributed by atoms with Gasteiger partial charge in [0, 0.05) is 16.8 Å². The lowest BCUT2D eigenvalue weighted by Gasteiger charge is -2.37. The molecule has 1 fully saturated rings. The summed E-state index contributed by atoms with van der Waals surface area (Å²) in [6, 6.07) is 25.0. The third kappa shape index (κ3) is 7.37. The Bertz CT molecular complexity index is 1800. The maximum Gasteiger partial charge on any atom is 0.768 e. The Morgan fingerprint density at radius 3 is 2.02 bits per heavy atom. The average Bonchev–Trinajstić information content (AvgIpc) is 3.38. The maximum atomic E-state index is 13.4. The number of benzene rings is 3. The maximum absolute atomic E-state index is 13.4. The van der Waals surface area contributed by atoms with Gasteiger partial charge in [-0.1, -0.05) is 74.4 Å². The SMILES string of the molecule is CCCCCN[C@@]1(O)[C@H](O)[C@@H](COC(c2ccccc2)(c2ccc(OC)cc2)c2ccc(OC)cc2)O[C@H]1n1ccc(=O)n(O[P+](=O)O)c1=O. The first-order valence-corrected chi connectivity index (χ1v) is 17.2. The summed E-state index contributed by atoms with van der Waals surface area (Å²) >= 11 is 0. The van der Waals surface area contributed by atoms with E-state index >= 15 is 0 Å². The number of ether oxygens (including phenoxy) is 4. The number of aromatic nitrogens is 2. The summed E-state index contributed by atoms with van der Waals surface area (Å²) < 4.78 is 40.8. The predicted octanol–water partition coefficient (Wildman–Crippen LogP) is 2.84. The van der Waals surface area contributed by atoms with Crippen LogP contribution in [0.1, 0.15) is 49.1 Å². The van der Waals surface area contributed by atoms with Gasteiger partial charge in [0.1, 0.15) is 29.3 Å². The van der Waals surface area contributed by atoms with Gasteiger partial charge in [0.15, 0.2) is 12.0 Å². The van der Waals surface area contributed by atoms with E-state index in [1.54, 1.807) is 38.5 Å². The number of methoxy groups -OCH3 is 2. The van der Waals surface area contributed by atoms with E-state index in [1.807, 2.05) is 61.5 Å². The summed E-state index contributed by atoms with van der Waals surface area (Å²) in [6.45, 7) is 1.95. The van der Waals surface area contributed by atoms with Crippen molar-refractivity contribution in [1.29, 1.82) is 0 Å². The molecule has 4 N–H and O–H groups in total. The van der Waals surface area contributed by atoms with Gasteiger partial charge in [-0.05, 0) is 58.7 Å². The van der Waals surface area contributed by atoms with Crippen LogP contribution in [0.5, 0.6) is 11.5 Å². The highest BCUT2D eigenvalue weighted by atomic mass is 31.1. The van der Waals surface area contributed by atoms with Crippen molar-refractivity contribution in [2.75, 3.05) is 27.4 Å². The third-order valence-electron chi connectivity index (χ3n) is 8.69. The number of hydrogen-bond acceptors (Lipinski definition) is 11. The van der Waals surface area contributed by atoms with Crippen molar-refractivity contribution >= 4 is 8.25 Å². The molecule has 0 spiro atoms. The van der Waals surface area contributed by atoms with E-state index in [0.29, 0.717) is 29.0 Å². The number of aliphatic hydroxyl groups is 2. The van der Waals surface area contributed by atoms with Crippen LogP contribution in [-0.2, 0) is 19.6 Å². The Morgan fingerprint density at radius 1 is 0.900 bits per heavy atom. The monoisotopic (exact) mass is 710 g/mol. The van der Waals surface area contributed by atoms with Crippen molar-refractivity contribution in [3.8, 4) is 11.5 Å².